The Kier molecular flexibility index (Phi) is 10.1. The zero-order valence-corrected chi connectivity index (χ0v) is 22.0. The van der Waals surface area contributed by atoms with E-state index >= 15 is 0 Å². The molecule has 188 valence electrons. The third kappa shape index (κ3) is 7.95. The molecular weight excluding hydrogens is 522 g/mol. The standard InChI is InChI=1S/C28H30BrN3O4/c1-3-4-5-6-16-36-25-15-12-22(18-24(25)29)28(35)32-31-27(34)20-10-13-23(14-11-20)30-26(33)21-9-7-8-19(2)17-21/h7-15,17-18H,3-6,16H2,1-2H3,(H,30,33)(H,31,34)(H,32,35). The van der Waals surface area contributed by atoms with Crippen LogP contribution in [-0.4, -0.2) is 24.3 Å². The third-order valence-corrected chi connectivity index (χ3v) is 6.04. The number of benzene rings is 3. The van der Waals surface area contributed by atoms with Gasteiger partial charge in [0.2, 0.25) is 0 Å². The van der Waals surface area contributed by atoms with Crippen LogP contribution in [0.4, 0.5) is 5.69 Å². The molecule has 0 saturated carbocycles. The van der Waals surface area contributed by atoms with Gasteiger partial charge in [0.15, 0.2) is 0 Å². The van der Waals surface area contributed by atoms with Crippen LogP contribution in [0.3, 0.4) is 0 Å². The average molecular weight is 552 g/mol. The van der Waals surface area contributed by atoms with Crippen LogP contribution < -0.4 is 20.9 Å². The lowest BCUT2D eigenvalue weighted by atomic mass is 10.1. The Balaban J connectivity index is 1.49. The van der Waals surface area contributed by atoms with Crippen molar-refractivity contribution in [1.29, 1.82) is 0 Å². The van der Waals surface area contributed by atoms with E-state index in [9.17, 15) is 14.4 Å². The number of hydrazine groups is 1. The lowest BCUT2D eigenvalue weighted by Crippen LogP contribution is -2.41. The largest absolute Gasteiger partial charge is 0.492 e. The number of carbonyl (C=O) groups is 3. The number of rotatable bonds is 10. The minimum absolute atomic E-state index is 0.234. The Morgan fingerprint density at radius 1 is 0.778 bits per heavy atom. The number of aryl methyl sites for hydroxylation is 1. The van der Waals surface area contributed by atoms with Gasteiger partial charge in [0.05, 0.1) is 11.1 Å². The van der Waals surface area contributed by atoms with E-state index in [1.807, 2.05) is 19.1 Å². The van der Waals surface area contributed by atoms with Gasteiger partial charge >= 0.3 is 0 Å². The van der Waals surface area contributed by atoms with Gasteiger partial charge in [0, 0.05) is 22.4 Å². The first-order chi connectivity index (χ1) is 17.4. The van der Waals surface area contributed by atoms with E-state index < -0.39 is 11.8 Å². The number of hydrogen-bond acceptors (Lipinski definition) is 4. The summed E-state index contributed by atoms with van der Waals surface area (Å²) in [6.45, 7) is 4.70. The van der Waals surface area contributed by atoms with Gasteiger partial charge in [-0.25, -0.2) is 0 Å². The van der Waals surface area contributed by atoms with E-state index in [1.165, 1.54) is 12.8 Å². The number of nitrogens with one attached hydrogen (secondary N) is 3. The quantitative estimate of drug-likeness (QED) is 0.211. The molecule has 0 fully saturated rings. The van der Waals surface area contributed by atoms with Crippen molar-refractivity contribution in [1.82, 2.24) is 10.9 Å². The van der Waals surface area contributed by atoms with E-state index in [4.69, 9.17) is 4.74 Å². The molecule has 3 aromatic rings. The maximum absolute atomic E-state index is 12.5. The number of unbranched alkanes of at least 4 members (excludes halogenated alkanes) is 3. The van der Waals surface area contributed by atoms with Gasteiger partial charge in [-0.1, -0.05) is 43.9 Å². The first kappa shape index (κ1) is 26.9. The normalized spacial score (nSPS) is 10.4. The van der Waals surface area contributed by atoms with Crippen molar-refractivity contribution in [2.45, 2.75) is 39.5 Å². The first-order valence-electron chi connectivity index (χ1n) is 11.9. The molecule has 7 nitrogen and oxygen atoms in total. The van der Waals surface area contributed by atoms with Gasteiger partial charge in [-0.05, 0) is 83.9 Å². The molecule has 0 spiro atoms. The molecule has 0 radical (unpaired) electrons. The van der Waals surface area contributed by atoms with Crippen LogP contribution in [0.1, 0.15) is 69.2 Å². The fraction of sp³-hybridized carbons (Fsp3) is 0.250. The van der Waals surface area contributed by atoms with Crippen molar-refractivity contribution in [3.05, 3.63) is 93.5 Å². The number of ether oxygens (including phenoxy) is 1. The van der Waals surface area contributed by atoms with Gasteiger partial charge in [-0.15, -0.1) is 0 Å². The predicted molar refractivity (Wildman–Crippen MR) is 144 cm³/mol. The molecule has 0 aromatic heterocycles. The predicted octanol–water partition coefficient (Wildman–Crippen LogP) is 6.04. The molecule has 36 heavy (non-hydrogen) atoms. The van der Waals surface area contributed by atoms with E-state index in [2.05, 4.69) is 39.0 Å². The fourth-order valence-electron chi connectivity index (χ4n) is 3.42. The van der Waals surface area contributed by atoms with Crippen LogP contribution in [0.5, 0.6) is 5.75 Å². The van der Waals surface area contributed by atoms with Gasteiger partial charge in [-0.3, -0.25) is 25.2 Å². The van der Waals surface area contributed by atoms with Gasteiger partial charge in [-0.2, -0.15) is 0 Å². The highest BCUT2D eigenvalue weighted by Gasteiger charge is 2.12. The van der Waals surface area contributed by atoms with Crippen molar-refractivity contribution >= 4 is 39.3 Å². The Labute approximate surface area is 219 Å². The minimum Gasteiger partial charge on any atom is -0.492 e. The second-order valence-corrected chi connectivity index (χ2v) is 9.22. The summed E-state index contributed by atoms with van der Waals surface area (Å²) in [6.07, 6.45) is 4.46. The van der Waals surface area contributed by atoms with E-state index in [-0.39, 0.29) is 5.91 Å². The van der Waals surface area contributed by atoms with E-state index in [0.29, 0.717) is 39.2 Å². The molecule has 0 atom stereocenters. The molecule has 0 saturated heterocycles. The van der Waals surface area contributed by atoms with E-state index in [0.717, 1.165) is 18.4 Å². The molecule has 3 amide bonds. The maximum atomic E-state index is 12.5. The number of halogens is 1. The Morgan fingerprint density at radius 2 is 1.44 bits per heavy atom. The number of hydrogen-bond donors (Lipinski definition) is 3. The summed E-state index contributed by atoms with van der Waals surface area (Å²) >= 11 is 3.43. The van der Waals surface area contributed by atoms with Crippen molar-refractivity contribution < 1.29 is 19.1 Å². The molecule has 3 aromatic carbocycles. The molecular formula is C28H30BrN3O4. The van der Waals surface area contributed by atoms with Crippen LogP contribution in [-0.2, 0) is 0 Å². The van der Waals surface area contributed by atoms with Crippen LogP contribution in [0.15, 0.2) is 71.2 Å². The Morgan fingerprint density at radius 3 is 2.11 bits per heavy atom. The van der Waals surface area contributed by atoms with Gasteiger partial charge in [0.1, 0.15) is 5.75 Å². The van der Waals surface area contributed by atoms with Crippen molar-refractivity contribution in [3.8, 4) is 5.75 Å². The zero-order chi connectivity index (χ0) is 25.9. The molecule has 3 rings (SSSR count). The summed E-state index contributed by atoms with van der Waals surface area (Å²) in [5.74, 6) is -0.504. The average Bonchev–Trinajstić information content (AvgIpc) is 2.88. The summed E-state index contributed by atoms with van der Waals surface area (Å²) in [4.78, 5) is 37.3. The van der Waals surface area contributed by atoms with Gasteiger partial charge < -0.3 is 10.1 Å². The molecule has 3 N–H and O–H groups in total. The molecule has 0 aliphatic rings. The lowest BCUT2D eigenvalue weighted by molar-refractivity contribution is 0.0846. The smallest absolute Gasteiger partial charge is 0.269 e. The van der Waals surface area contributed by atoms with Crippen LogP contribution in [0, 0.1) is 6.92 Å². The second-order valence-electron chi connectivity index (χ2n) is 8.36. The summed E-state index contributed by atoms with van der Waals surface area (Å²) in [7, 11) is 0. The number of carbonyl (C=O) groups excluding carboxylic acids is 3. The molecule has 0 aliphatic carbocycles. The van der Waals surface area contributed by atoms with E-state index in [1.54, 1.807) is 54.6 Å². The minimum atomic E-state index is -0.481. The highest BCUT2D eigenvalue weighted by molar-refractivity contribution is 9.10. The zero-order valence-electron chi connectivity index (χ0n) is 20.4. The van der Waals surface area contributed by atoms with Crippen LogP contribution in [0.2, 0.25) is 0 Å². The third-order valence-electron chi connectivity index (χ3n) is 5.42. The van der Waals surface area contributed by atoms with Gasteiger partial charge in [0.25, 0.3) is 17.7 Å². The number of amides is 3. The second kappa shape index (κ2) is 13.4. The molecule has 8 heteroatoms. The first-order valence-corrected chi connectivity index (χ1v) is 12.7. The topological polar surface area (TPSA) is 96.5 Å². The Bertz CT molecular complexity index is 1210. The van der Waals surface area contributed by atoms with Crippen LogP contribution in [0.25, 0.3) is 0 Å². The van der Waals surface area contributed by atoms with Crippen molar-refractivity contribution in [2.24, 2.45) is 0 Å². The highest BCUT2D eigenvalue weighted by atomic mass is 79.9. The van der Waals surface area contributed by atoms with Crippen molar-refractivity contribution in [3.63, 3.8) is 0 Å². The summed E-state index contributed by atoms with van der Waals surface area (Å²) < 4.78 is 6.43. The molecule has 0 heterocycles. The SMILES string of the molecule is CCCCCCOc1ccc(C(=O)NNC(=O)c2ccc(NC(=O)c3cccc(C)c3)cc2)cc1Br. The molecule has 0 unspecified atom stereocenters. The summed E-state index contributed by atoms with van der Waals surface area (Å²) in [5.41, 5.74) is 7.62. The fourth-order valence-corrected chi connectivity index (χ4v) is 3.92. The molecule has 0 aliphatic heterocycles. The summed E-state index contributed by atoms with van der Waals surface area (Å²) in [5, 5.41) is 2.80. The number of anilines is 1. The highest BCUT2D eigenvalue weighted by Crippen LogP contribution is 2.26. The Hall–Kier alpha value is -3.65. The maximum Gasteiger partial charge on any atom is 0.269 e. The lowest BCUT2D eigenvalue weighted by Gasteiger charge is -2.11. The molecule has 0 bridgehead atoms. The summed E-state index contributed by atoms with van der Waals surface area (Å²) in [6, 6.07) is 18.7. The van der Waals surface area contributed by atoms with Crippen molar-refractivity contribution in [2.75, 3.05) is 11.9 Å². The monoisotopic (exact) mass is 551 g/mol. The van der Waals surface area contributed by atoms with Crippen LogP contribution >= 0.6 is 15.9 Å².